The van der Waals surface area contributed by atoms with Crippen molar-refractivity contribution < 1.29 is 14.9 Å². The normalized spacial score (nSPS) is 10.2. The van der Waals surface area contributed by atoms with Gasteiger partial charge >= 0.3 is 13.5 Å². The van der Waals surface area contributed by atoms with E-state index in [-0.39, 0.29) is 5.56 Å². The zero-order chi connectivity index (χ0) is 10.8. The lowest BCUT2D eigenvalue weighted by molar-refractivity contribution is 0.0697. The Morgan fingerprint density at radius 2 is 2.00 bits per heavy atom. The second kappa shape index (κ2) is 3.75. The van der Waals surface area contributed by atoms with Gasteiger partial charge < -0.3 is 10.1 Å². The van der Waals surface area contributed by atoms with Crippen molar-refractivity contribution in [1.29, 1.82) is 0 Å². The molecule has 2 aromatic carbocycles. The van der Waals surface area contributed by atoms with E-state index in [9.17, 15) is 4.79 Å². The van der Waals surface area contributed by atoms with Gasteiger partial charge in [-0.2, -0.15) is 0 Å². The highest BCUT2D eigenvalue weighted by atomic mass is 16.4. The molecular weight excluding hydrogens is 191 g/mol. The van der Waals surface area contributed by atoms with Gasteiger partial charge in [0.1, 0.15) is 0 Å². The van der Waals surface area contributed by atoms with Crippen LogP contribution in [0.25, 0.3) is 10.8 Å². The van der Waals surface area contributed by atoms with Crippen molar-refractivity contribution in [3.8, 4) is 0 Å². The van der Waals surface area contributed by atoms with Gasteiger partial charge in [0.05, 0.1) is 5.56 Å². The second-order valence-electron chi connectivity index (χ2n) is 3.22. The molecular formula is C11H8BO3. The van der Waals surface area contributed by atoms with Crippen LogP contribution < -0.4 is 5.46 Å². The molecule has 0 bridgehead atoms. The Hall–Kier alpha value is -1.81. The molecule has 0 aliphatic rings. The molecule has 3 nitrogen and oxygen atoms in total. The van der Waals surface area contributed by atoms with E-state index < -0.39 is 5.97 Å². The molecule has 0 fully saturated rings. The number of fused-ring (bicyclic) bond motifs is 1. The van der Waals surface area contributed by atoms with Gasteiger partial charge in [0, 0.05) is 0 Å². The predicted molar refractivity (Wildman–Crippen MR) is 58.5 cm³/mol. The Bertz CT molecular complexity index is 522. The summed E-state index contributed by atoms with van der Waals surface area (Å²) in [5.41, 5.74) is 0.932. The standard InChI is InChI=1S/C11H8BO3/c13-11(14)8-4-5-9-7(6-8)2-1-3-10(9)12-15/h1-6,15H,(H,13,14). The summed E-state index contributed by atoms with van der Waals surface area (Å²) in [7, 11) is 1.02. The molecule has 0 unspecified atom stereocenters. The van der Waals surface area contributed by atoms with Gasteiger partial charge in [-0.3, -0.25) is 0 Å². The van der Waals surface area contributed by atoms with Crippen LogP contribution in [-0.2, 0) is 0 Å². The number of carboxylic acid groups (broad SMARTS) is 1. The van der Waals surface area contributed by atoms with Crippen molar-refractivity contribution in [3.63, 3.8) is 0 Å². The summed E-state index contributed by atoms with van der Waals surface area (Å²) in [6.45, 7) is 0. The molecule has 15 heavy (non-hydrogen) atoms. The fraction of sp³-hybridized carbons (Fsp3) is 0. The highest BCUT2D eigenvalue weighted by molar-refractivity contribution is 6.50. The van der Waals surface area contributed by atoms with Crippen LogP contribution in [-0.4, -0.2) is 23.6 Å². The van der Waals surface area contributed by atoms with Crippen LogP contribution in [0.2, 0.25) is 0 Å². The number of hydrogen-bond acceptors (Lipinski definition) is 2. The van der Waals surface area contributed by atoms with Gasteiger partial charge in [0.2, 0.25) is 0 Å². The Labute approximate surface area is 87.3 Å². The third kappa shape index (κ3) is 1.71. The number of carboxylic acids is 1. The molecule has 0 aliphatic heterocycles. The summed E-state index contributed by atoms with van der Waals surface area (Å²) in [6, 6.07) is 10.2. The van der Waals surface area contributed by atoms with Crippen molar-refractivity contribution in [2.45, 2.75) is 0 Å². The molecule has 4 heteroatoms. The van der Waals surface area contributed by atoms with Crippen LogP contribution in [0, 0.1) is 0 Å². The Kier molecular flexibility index (Phi) is 2.43. The van der Waals surface area contributed by atoms with Crippen LogP contribution in [0.15, 0.2) is 36.4 Å². The van der Waals surface area contributed by atoms with Crippen molar-refractivity contribution in [3.05, 3.63) is 42.0 Å². The molecule has 0 saturated carbocycles. The minimum Gasteiger partial charge on any atom is -0.478 e. The van der Waals surface area contributed by atoms with E-state index in [0.29, 0.717) is 5.46 Å². The van der Waals surface area contributed by atoms with Gasteiger partial charge in [-0.25, -0.2) is 4.79 Å². The molecule has 0 aromatic heterocycles. The van der Waals surface area contributed by atoms with Crippen molar-refractivity contribution >= 4 is 29.7 Å². The lowest BCUT2D eigenvalue weighted by Crippen LogP contribution is -2.14. The summed E-state index contributed by atoms with van der Waals surface area (Å²) >= 11 is 0. The number of hydrogen-bond donors (Lipinski definition) is 2. The molecule has 1 radical (unpaired) electrons. The van der Waals surface area contributed by atoms with Crippen molar-refractivity contribution in [2.75, 3.05) is 0 Å². The zero-order valence-electron chi connectivity index (χ0n) is 7.84. The summed E-state index contributed by atoms with van der Waals surface area (Å²) in [6.07, 6.45) is 0. The highest BCUT2D eigenvalue weighted by Gasteiger charge is 2.05. The first-order valence-electron chi connectivity index (χ1n) is 4.46. The van der Waals surface area contributed by atoms with Gasteiger partial charge in [-0.15, -0.1) is 0 Å². The van der Waals surface area contributed by atoms with Crippen LogP contribution in [0.4, 0.5) is 0 Å². The van der Waals surface area contributed by atoms with E-state index in [0.717, 1.165) is 18.3 Å². The van der Waals surface area contributed by atoms with E-state index >= 15 is 0 Å². The molecule has 0 aliphatic carbocycles. The first-order chi connectivity index (χ1) is 7.22. The van der Waals surface area contributed by atoms with E-state index in [4.69, 9.17) is 10.1 Å². The smallest absolute Gasteiger partial charge is 0.335 e. The van der Waals surface area contributed by atoms with Gasteiger partial charge in [0.25, 0.3) is 0 Å². The number of carbonyl (C=O) groups is 1. The molecule has 2 N–H and O–H groups in total. The zero-order valence-corrected chi connectivity index (χ0v) is 7.84. The lowest BCUT2D eigenvalue weighted by atomic mass is 9.84. The quantitative estimate of drug-likeness (QED) is 0.702. The number of aromatic carboxylic acids is 1. The molecule has 73 valence electrons. The molecule has 0 saturated heterocycles. The summed E-state index contributed by atoms with van der Waals surface area (Å²) < 4.78 is 0. The third-order valence-corrected chi connectivity index (χ3v) is 2.30. The molecule has 0 atom stereocenters. The molecule has 0 spiro atoms. The predicted octanol–water partition coefficient (Wildman–Crippen LogP) is 0.775. The average molecular weight is 199 g/mol. The van der Waals surface area contributed by atoms with E-state index in [1.54, 1.807) is 24.3 Å². The van der Waals surface area contributed by atoms with Crippen molar-refractivity contribution in [1.82, 2.24) is 0 Å². The fourth-order valence-corrected chi connectivity index (χ4v) is 1.55. The van der Waals surface area contributed by atoms with Gasteiger partial charge in [-0.05, 0) is 28.4 Å². The minimum atomic E-state index is -0.949. The largest absolute Gasteiger partial charge is 0.478 e. The van der Waals surface area contributed by atoms with Crippen LogP contribution in [0.5, 0.6) is 0 Å². The van der Waals surface area contributed by atoms with E-state index in [1.165, 1.54) is 6.07 Å². The maximum Gasteiger partial charge on any atom is 0.335 e. The summed E-state index contributed by atoms with van der Waals surface area (Å²) in [5.74, 6) is -0.949. The van der Waals surface area contributed by atoms with E-state index in [1.807, 2.05) is 6.07 Å². The Morgan fingerprint density at radius 3 is 2.67 bits per heavy atom. The average Bonchev–Trinajstić information content (AvgIpc) is 2.27. The first-order valence-corrected chi connectivity index (χ1v) is 4.46. The Morgan fingerprint density at radius 1 is 1.20 bits per heavy atom. The molecule has 2 rings (SSSR count). The number of rotatable bonds is 2. The topological polar surface area (TPSA) is 57.5 Å². The lowest BCUT2D eigenvalue weighted by Gasteiger charge is -2.03. The van der Waals surface area contributed by atoms with Crippen LogP contribution in [0.1, 0.15) is 10.4 Å². The minimum absolute atomic E-state index is 0.248. The maximum absolute atomic E-state index is 10.7. The maximum atomic E-state index is 10.7. The van der Waals surface area contributed by atoms with Crippen LogP contribution >= 0.6 is 0 Å². The monoisotopic (exact) mass is 199 g/mol. The Balaban J connectivity index is 2.69. The van der Waals surface area contributed by atoms with E-state index in [2.05, 4.69) is 0 Å². The molecule has 0 heterocycles. The third-order valence-electron chi connectivity index (χ3n) is 2.30. The summed E-state index contributed by atoms with van der Waals surface area (Å²) in [5, 5.41) is 19.4. The first kappa shape index (κ1) is 9.74. The number of benzene rings is 2. The second-order valence-corrected chi connectivity index (χ2v) is 3.22. The molecule has 0 amide bonds. The summed E-state index contributed by atoms with van der Waals surface area (Å²) in [4.78, 5) is 10.7. The van der Waals surface area contributed by atoms with Gasteiger partial charge in [0.15, 0.2) is 0 Å². The molecule has 2 aromatic rings. The van der Waals surface area contributed by atoms with Gasteiger partial charge in [-0.1, -0.05) is 24.3 Å². The highest BCUT2D eigenvalue weighted by Crippen LogP contribution is 2.13. The van der Waals surface area contributed by atoms with Crippen LogP contribution in [0.3, 0.4) is 0 Å². The fourth-order valence-electron chi connectivity index (χ4n) is 1.55. The SMILES string of the molecule is O=C(O)c1ccc2c([B]O)cccc2c1. The van der Waals surface area contributed by atoms with Crippen molar-refractivity contribution in [2.24, 2.45) is 0 Å².